The molecular weight excluding hydrogens is 201 g/mol. The Kier molecular flexibility index (Phi) is 1.49. The van der Waals surface area contributed by atoms with Crippen LogP contribution in [0.5, 0.6) is 0 Å². The van der Waals surface area contributed by atoms with Crippen molar-refractivity contribution in [2.45, 2.75) is 0 Å². The van der Waals surface area contributed by atoms with Gasteiger partial charge in [0.05, 0.1) is 5.56 Å². The van der Waals surface area contributed by atoms with E-state index in [4.69, 9.17) is 0 Å². The maximum Gasteiger partial charge on any atom is 0.170 e. The molecule has 0 amide bonds. The number of benzene rings is 2. The Morgan fingerprint density at radius 1 is 0.800 bits per heavy atom. The van der Waals surface area contributed by atoms with Gasteiger partial charge in [0.1, 0.15) is 5.82 Å². The standard InChI is InChI=1S/C12H5F3/c13-9-5-8-6-2-1-3-7(4-6)10(9)12(15)11(8)14/h1-5H. The Morgan fingerprint density at radius 3 is 2.33 bits per heavy atom. The summed E-state index contributed by atoms with van der Waals surface area (Å²) in [5.41, 5.74) is 0.577. The van der Waals surface area contributed by atoms with Gasteiger partial charge < -0.3 is 0 Å². The van der Waals surface area contributed by atoms with Gasteiger partial charge in [0.2, 0.25) is 0 Å². The van der Waals surface area contributed by atoms with E-state index >= 15 is 0 Å². The molecule has 0 aromatic heterocycles. The molecule has 0 nitrogen and oxygen atoms in total. The Balaban J connectivity index is 2.58. The molecule has 0 radical (unpaired) electrons. The molecule has 2 aliphatic carbocycles. The molecule has 4 rings (SSSR count). The van der Waals surface area contributed by atoms with Gasteiger partial charge in [-0.1, -0.05) is 18.2 Å². The summed E-state index contributed by atoms with van der Waals surface area (Å²) in [6.45, 7) is 0. The highest BCUT2D eigenvalue weighted by Crippen LogP contribution is 2.39. The van der Waals surface area contributed by atoms with Crippen LogP contribution in [0.2, 0.25) is 0 Å². The summed E-state index contributed by atoms with van der Waals surface area (Å²) in [7, 11) is 0. The highest BCUT2D eigenvalue weighted by molar-refractivity contribution is 5.80. The van der Waals surface area contributed by atoms with Crippen LogP contribution in [0.25, 0.3) is 22.3 Å². The highest BCUT2D eigenvalue weighted by atomic mass is 19.2. The number of rotatable bonds is 0. The van der Waals surface area contributed by atoms with Crippen LogP contribution >= 0.6 is 0 Å². The van der Waals surface area contributed by atoms with Gasteiger partial charge in [0.25, 0.3) is 0 Å². The normalized spacial score (nSPS) is 11.7. The fraction of sp³-hybridized carbons (Fsp3) is 0. The third kappa shape index (κ3) is 0.975. The first kappa shape index (κ1) is 8.53. The van der Waals surface area contributed by atoms with E-state index < -0.39 is 17.5 Å². The molecule has 0 fully saturated rings. The number of hydrogen-bond donors (Lipinski definition) is 0. The molecule has 0 N–H and O–H groups in total. The van der Waals surface area contributed by atoms with Gasteiger partial charge in [0.15, 0.2) is 11.6 Å². The summed E-state index contributed by atoms with van der Waals surface area (Å²) in [5.74, 6) is -2.80. The lowest BCUT2D eigenvalue weighted by Gasteiger charge is -2.03. The van der Waals surface area contributed by atoms with E-state index in [1.807, 2.05) is 0 Å². The summed E-state index contributed by atoms with van der Waals surface area (Å²) in [4.78, 5) is 0. The van der Waals surface area contributed by atoms with Crippen molar-refractivity contribution >= 4 is 0 Å². The number of fused-ring (bicyclic) bond motifs is 2. The lowest BCUT2D eigenvalue weighted by molar-refractivity contribution is 0.502. The van der Waals surface area contributed by atoms with Crippen LogP contribution < -0.4 is 0 Å². The Labute approximate surface area is 84.0 Å². The second kappa shape index (κ2) is 2.63. The Bertz CT molecular complexity index is 573. The SMILES string of the molecule is Fc1cc2c(F)c(F)c1-c1cccc-2c1. The molecule has 0 aliphatic heterocycles. The second-order valence-corrected chi connectivity index (χ2v) is 3.49. The smallest absolute Gasteiger partial charge is 0.170 e. The number of hydrogen-bond acceptors (Lipinski definition) is 0. The molecule has 3 heteroatoms. The number of halogens is 3. The minimum absolute atomic E-state index is 0.0203. The lowest BCUT2D eigenvalue weighted by atomic mass is 10.1. The molecule has 2 aliphatic rings. The predicted molar refractivity (Wildman–Crippen MR) is 50.7 cm³/mol. The van der Waals surface area contributed by atoms with Crippen molar-refractivity contribution in [2.75, 3.05) is 0 Å². The van der Waals surface area contributed by atoms with Crippen molar-refractivity contribution in [2.24, 2.45) is 0 Å². The van der Waals surface area contributed by atoms with Gasteiger partial charge in [-0.3, -0.25) is 0 Å². The van der Waals surface area contributed by atoms with Crippen molar-refractivity contribution < 1.29 is 13.2 Å². The Morgan fingerprint density at radius 2 is 1.53 bits per heavy atom. The summed E-state index contributed by atoms with van der Waals surface area (Å²) in [6.07, 6.45) is 0. The average molecular weight is 206 g/mol. The van der Waals surface area contributed by atoms with Crippen LogP contribution in [0, 0.1) is 17.5 Å². The summed E-state index contributed by atoms with van der Waals surface area (Å²) in [6, 6.07) is 7.47. The molecule has 2 aromatic rings. The molecule has 0 unspecified atom stereocenters. The monoisotopic (exact) mass is 206 g/mol. The van der Waals surface area contributed by atoms with E-state index in [9.17, 15) is 13.2 Å². The summed E-state index contributed by atoms with van der Waals surface area (Å²) in [5, 5.41) is 0. The van der Waals surface area contributed by atoms with Crippen LogP contribution in [0.3, 0.4) is 0 Å². The van der Waals surface area contributed by atoms with Crippen LogP contribution in [0.1, 0.15) is 0 Å². The molecule has 0 spiro atoms. The molecule has 0 heterocycles. The molecular formula is C12H5F3. The van der Waals surface area contributed by atoms with Gasteiger partial charge in [0, 0.05) is 5.56 Å². The molecule has 15 heavy (non-hydrogen) atoms. The molecule has 74 valence electrons. The molecule has 0 saturated carbocycles. The largest absolute Gasteiger partial charge is 0.206 e. The van der Waals surface area contributed by atoms with E-state index in [0.29, 0.717) is 11.1 Å². The molecule has 0 saturated heterocycles. The minimum Gasteiger partial charge on any atom is -0.206 e. The van der Waals surface area contributed by atoms with E-state index in [1.165, 1.54) is 0 Å². The highest BCUT2D eigenvalue weighted by Gasteiger charge is 2.24. The molecule has 0 atom stereocenters. The van der Waals surface area contributed by atoms with Crippen LogP contribution in [-0.2, 0) is 0 Å². The fourth-order valence-corrected chi connectivity index (χ4v) is 1.91. The first-order valence-electron chi connectivity index (χ1n) is 4.47. The summed E-state index contributed by atoms with van der Waals surface area (Å²) >= 11 is 0. The van der Waals surface area contributed by atoms with Crippen molar-refractivity contribution in [3.8, 4) is 22.3 Å². The van der Waals surface area contributed by atoms with Crippen LogP contribution in [0.4, 0.5) is 13.2 Å². The van der Waals surface area contributed by atoms with Crippen molar-refractivity contribution in [3.63, 3.8) is 0 Å². The predicted octanol–water partition coefficient (Wildman–Crippen LogP) is 3.75. The first-order chi connectivity index (χ1) is 7.18. The van der Waals surface area contributed by atoms with E-state index in [0.717, 1.165) is 6.07 Å². The minimum atomic E-state index is -1.11. The summed E-state index contributed by atoms with van der Waals surface area (Å²) < 4.78 is 40.4. The fourth-order valence-electron chi connectivity index (χ4n) is 1.91. The van der Waals surface area contributed by atoms with Gasteiger partial charge >= 0.3 is 0 Å². The maximum atomic E-state index is 13.5. The van der Waals surface area contributed by atoms with E-state index in [-0.39, 0.29) is 11.1 Å². The van der Waals surface area contributed by atoms with Crippen molar-refractivity contribution in [1.29, 1.82) is 0 Å². The van der Waals surface area contributed by atoms with Gasteiger partial charge in [-0.2, -0.15) is 0 Å². The van der Waals surface area contributed by atoms with Gasteiger partial charge in [-0.25, -0.2) is 13.2 Å². The van der Waals surface area contributed by atoms with E-state index in [1.54, 1.807) is 24.3 Å². The molecule has 2 aromatic carbocycles. The van der Waals surface area contributed by atoms with Crippen LogP contribution in [0.15, 0.2) is 30.3 Å². The lowest BCUT2D eigenvalue weighted by Crippen LogP contribution is -1.93. The third-order valence-electron chi connectivity index (χ3n) is 2.62. The van der Waals surface area contributed by atoms with E-state index in [2.05, 4.69) is 0 Å². The second-order valence-electron chi connectivity index (χ2n) is 3.49. The zero-order valence-electron chi connectivity index (χ0n) is 7.52. The van der Waals surface area contributed by atoms with Crippen LogP contribution in [-0.4, -0.2) is 0 Å². The van der Waals surface area contributed by atoms with Gasteiger partial charge in [-0.15, -0.1) is 0 Å². The van der Waals surface area contributed by atoms with Gasteiger partial charge in [-0.05, 0) is 23.3 Å². The topological polar surface area (TPSA) is 0 Å². The maximum absolute atomic E-state index is 13.5. The van der Waals surface area contributed by atoms with Crippen molar-refractivity contribution in [1.82, 2.24) is 0 Å². The quantitative estimate of drug-likeness (QED) is 0.491. The molecule has 4 bridgehead atoms. The zero-order chi connectivity index (χ0) is 10.6. The average Bonchev–Trinajstić information content (AvgIpc) is 2.35. The van der Waals surface area contributed by atoms with Crippen molar-refractivity contribution in [3.05, 3.63) is 47.8 Å². The third-order valence-corrected chi connectivity index (χ3v) is 2.62. The first-order valence-corrected chi connectivity index (χ1v) is 4.47. The zero-order valence-corrected chi connectivity index (χ0v) is 7.52. The Hall–Kier alpha value is -1.77.